The Bertz CT molecular complexity index is 1310. The maximum absolute atomic E-state index is 13.0. The van der Waals surface area contributed by atoms with Gasteiger partial charge in [-0.1, -0.05) is 58.0 Å². The van der Waals surface area contributed by atoms with Crippen molar-refractivity contribution in [2.45, 2.75) is 34.6 Å². The van der Waals surface area contributed by atoms with Crippen LogP contribution >= 0.6 is 0 Å². The number of carbonyl (C=O) groups excluding carboxylic acids is 1. The van der Waals surface area contributed by atoms with Crippen molar-refractivity contribution >= 4 is 23.2 Å². The molecule has 0 fully saturated rings. The first-order valence-electron chi connectivity index (χ1n) is 12.4. The second-order valence-corrected chi connectivity index (χ2v) is 9.84. The second-order valence-electron chi connectivity index (χ2n) is 9.84. The Morgan fingerprint density at radius 3 is 2.30 bits per heavy atom. The van der Waals surface area contributed by atoms with Crippen LogP contribution in [0.1, 0.15) is 33.4 Å². The Morgan fingerprint density at radius 2 is 1.68 bits per heavy atom. The Hall–Kier alpha value is -4.34. The SMILES string of the molecule is Cc1cnc(NC(=O)Nc2cc(-c3ccccc3-c3nnn[nH]3)ccc2N(CC(C)C)CC(C)C)cn1. The number of aromatic amines is 1. The highest BCUT2D eigenvalue weighted by Gasteiger charge is 2.19. The molecule has 3 N–H and O–H groups in total. The van der Waals surface area contributed by atoms with Gasteiger partial charge in [0.05, 0.1) is 29.5 Å². The zero-order valence-corrected chi connectivity index (χ0v) is 21.9. The molecule has 0 bridgehead atoms. The molecule has 0 unspecified atom stereocenters. The van der Waals surface area contributed by atoms with E-state index >= 15 is 0 Å². The van der Waals surface area contributed by atoms with Gasteiger partial charge in [-0.2, -0.15) is 0 Å². The van der Waals surface area contributed by atoms with E-state index in [-0.39, 0.29) is 0 Å². The van der Waals surface area contributed by atoms with Gasteiger partial charge in [0.15, 0.2) is 11.6 Å². The van der Waals surface area contributed by atoms with E-state index in [0.29, 0.717) is 29.2 Å². The minimum atomic E-state index is -0.390. The Kier molecular flexibility index (Phi) is 8.07. The van der Waals surface area contributed by atoms with Crippen molar-refractivity contribution in [3.63, 3.8) is 0 Å². The molecule has 2 aromatic carbocycles. The van der Waals surface area contributed by atoms with E-state index in [1.165, 1.54) is 6.20 Å². The summed E-state index contributed by atoms with van der Waals surface area (Å²) in [5.74, 6) is 1.85. The number of H-pyrrole nitrogens is 1. The monoisotopic (exact) mass is 499 g/mol. The summed E-state index contributed by atoms with van der Waals surface area (Å²) in [7, 11) is 0. The third-order valence-corrected chi connectivity index (χ3v) is 5.62. The molecule has 0 aliphatic rings. The number of nitrogens with zero attached hydrogens (tertiary/aromatic N) is 6. The Morgan fingerprint density at radius 1 is 0.946 bits per heavy atom. The summed E-state index contributed by atoms with van der Waals surface area (Å²) in [6.45, 7) is 12.3. The van der Waals surface area contributed by atoms with Gasteiger partial charge in [0.1, 0.15) is 0 Å². The van der Waals surface area contributed by atoms with E-state index < -0.39 is 6.03 Å². The molecule has 4 rings (SSSR count). The standard InChI is InChI=1S/C27H33N9O/c1-17(2)15-36(16-18(3)4)24-11-10-20(21-8-6-7-9-22(21)26-32-34-35-33-26)12-23(24)30-27(37)31-25-14-28-19(5)13-29-25/h6-14,17-18H,15-16H2,1-5H3,(H2,29,30,31,37)(H,32,33,34,35). The van der Waals surface area contributed by atoms with Crippen molar-refractivity contribution in [3.05, 3.63) is 60.6 Å². The largest absolute Gasteiger partial charge is 0.369 e. The van der Waals surface area contributed by atoms with Gasteiger partial charge in [-0.05, 0) is 52.4 Å². The number of nitrogens with one attached hydrogen (secondary N) is 3. The van der Waals surface area contributed by atoms with Gasteiger partial charge in [0, 0.05) is 18.7 Å². The summed E-state index contributed by atoms with van der Waals surface area (Å²) >= 11 is 0. The van der Waals surface area contributed by atoms with Crippen LogP contribution in [0.25, 0.3) is 22.5 Å². The summed E-state index contributed by atoms with van der Waals surface area (Å²) in [5, 5.41) is 20.2. The van der Waals surface area contributed by atoms with Gasteiger partial charge in [-0.3, -0.25) is 10.3 Å². The second kappa shape index (κ2) is 11.6. The highest BCUT2D eigenvalue weighted by Crippen LogP contribution is 2.36. The lowest BCUT2D eigenvalue weighted by Crippen LogP contribution is -2.32. The fraction of sp³-hybridized carbons (Fsp3) is 0.333. The number of amides is 2. The lowest BCUT2D eigenvalue weighted by atomic mass is 9.98. The lowest BCUT2D eigenvalue weighted by Gasteiger charge is -2.31. The van der Waals surface area contributed by atoms with Gasteiger partial charge in [0.2, 0.25) is 0 Å². The van der Waals surface area contributed by atoms with Gasteiger partial charge in [-0.25, -0.2) is 14.9 Å². The quantitative estimate of drug-likeness (QED) is 0.282. The summed E-state index contributed by atoms with van der Waals surface area (Å²) in [6, 6.07) is 13.6. The van der Waals surface area contributed by atoms with Gasteiger partial charge < -0.3 is 10.2 Å². The van der Waals surface area contributed by atoms with E-state index in [1.54, 1.807) is 6.20 Å². The third-order valence-electron chi connectivity index (χ3n) is 5.62. The van der Waals surface area contributed by atoms with Crippen LogP contribution in [-0.4, -0.2) is 49.7 Å². The van der Waals surface area contributed by atoms with Crippen LogP contribution in [0.4, 0.5) is 22.0 Å². The molecule has 0 radical (unpaired) electrons. The molecule has 0 saturated heterocycles. The zero-order chi connectivity index (χ0) is 26.4. The molecule has 4 aromatic rings. The molecule has 10 heteroatoms. The maximum Gasteiger partial charge on any atom is 0.324 e. The number of hydrogen-bond acceptors (Lipinski definition) is 7. The molecule has 0 atom stereocenters. The van der Waals surface area contributed by atoms with E-state index in [9.17, 15) is 4.79 Å². The normalized spacial score (nSPS) is 11.1. The van der Waals surface area contributed by atoms with Crippen LogP contribution in [0.5, 0.6) is 0 Å². The predicted octanol–water partition coefficient (Wildman–Crippen LogP) is 5.39. The van der Waals surface area contributed by atoms with Gasteiger partial charge in [0.25, 0.3) is 0 Å². The predicted molar refractivity (Wildman–Crippen MR) is 146 cm³/mol. The first-order valence-corrected chi connectivity index (χ1v) is 12.4. The van der Waals surface area contributed by atoms with Crippen molar-refractivity contribution in [3.8, 4) is 22.5 Å². The van der Waals surface area contributed by atoms with E-state index in [4.69, 9.17) is 0 Å². The number of benzene rings is 2. The van der Waals surface area contributed by atoms with E-state index in [2.05, 4.69) is 86.0 Å². The minimum Gasteiger partial charge on any atom is -0.369 e. The fourth-order valence-electron chi connectivity index (χ4n) is 4.17. The van der Waals surface area contributed by atoms with Crippen LogP contribution in [-0.2, 0) is 0 Å². The highest BCUT2D eigenvalue weighted by molar-refractivity contribution is 6.02. The highest BCUT2D eigenvalue weighted by atomic mass is 16.2. The molecular weight excluding hydrogens is 466 g/mol. The van der Waals surface area contributed by atoms with Crippen molar-refractivity contribution in [2.75, 3.05) is 28.6 Å². The molecule has 0 aliphatic heterocycles. The summed E-state index contributed by atoms with van der Waals surface area (Å²) in [5.41, 5.74) is 5.17. The first-order chi connectivity index (χ1) is 17.8. The number of urea groups is 1. The molecule has 0 aliphatic carbocycles. The molecular formula is C27H33N9O. The minimum absolute atomic E-state index is 0.380. The van der Waals surface area contributed by atoms with Crippen molar-refractivity contribution in [1.82, 2.24) is 30.6 Å². The summed E-state index contributed by atoms with van der Waals surface area (Å²) < 4.78 is 0. The molecule has 2 heterocycles. The average molecular weight is 500 g/mol. The van der Waals surface area contributed by atoms with E-state index in [1.807, 2.05) is 37.3 Å². The summed E-state index contributed by atoms with van der Waals surface area (Å²) in [4.78, 5) is 23.8. The number of carbonyl (C=O) groups is 1. The van der Waals surface area contributed by atoms with Crippen molar-refractivity contribution < 1.29 is 4.79 Å². The number of aromatic nitrogens is 6. The Labute approximate surface area is 216 Å². The zero-order valence-electron chi connectivity index (χ0n) is 21.9. The van der Waals surface area contributed by atoms with Crippen LogP contribution in [0.2, 0.25) is 0 Å². The first kappa shape index (κ1) is 25.7. The average Bonchev–Trinajstić information content (AvgIpc) is 3.39. The molecule has 10 nitrogen and oxygen atoms in total. The third kappa shape index (κ3) is 6.66. The fourth-order valence-corrected chi connectivity index (χ4v) is 4.17. The van der Waals surface area contributed by atoms with Crippen LogP contribution < -0.4 is 15.5 Å². The van der Waals surface area contributed by atoms with Crippen LogP contribution in [0.15, 0.2) is 54.9 Å². The number of hydrogen-bond donors (Lipinski definition) is 3. The van der Waals surface area contributed by atoms with Gasteiger partial charge >= 0.3 is 6.03 Å². The maximum atomic E-state index is 13.0. The molecule has 0 saturated carbocycles. The molecule has 2 aromatic heterocycles. The Balaban J connectivity index is 1.74. The number of aryl methyl sites for hydroxylation is 1. The molecule has 192 valence electrons. The molecule has 0 spiro atoms. The number of tetrazole rings is 1. The van der Waals surface area contributed by atoms with Crippen LogP contribution in [0, 0.1) is 18.8 Å². The van der Waals surface area contributed by atoms with Crippen molar-refractivity contribution in [1.29, 1.82) is 0 Å². The van der Waals surface area contributed by atoms with Gasteiger partial charge in [-0.15, -0.1) is 5.10 Å². The molecule has 37 heavy (non-hydrogen) atoms. The van der Waals surface area contributed by atoms with Crippen LogP contribution in [0.3, 0.4) is 0 Å². The van der Waals surface area contributed by atoms with Crippen molar-refractivity contribution in [2.24, 2.45) is 11.8 Å². The number of anilines is 3. The topological polar surface area (TPSA) is 125 Å². The smallest absolute Gasteiger partial charge is 0.324 e. The summed E-state index contributed by atoms with van der Waals surface area (Å²) in [6.07, 6.45) is 3.15. The lowest BCUT2D eigenvalue weighted by molar-refractivity contribution is 0.262. The number of rotatable bonds is 9. The molecule has 2 amide bonds. The van der Waals surface area contributed by atoms with E-state index in [0.717, 1.165) is 41.2 Å².